The average Bonchev–Trinajstić information content (AvgIpc) is 2.57. The molecule has 0 aromatic carbocycles. The van der Waals surface area contributed by atoms with Crippen LogP contribution in [0.1, 0.15) is 41.5 Å². The molecule has 1 aromatic heterocycles. The molecule has 0 amide bonds. The third-order valence-corrected chi connectivity index (χ3v) is 3.98. The number of carbonyl (C=O) groups excluding carboxylic acids is 1. The maximum absolute atomic E-state index is 10.9. The Kier molecular flexibility index (Phi) is 3.38. The molecule has 2 heterocycles. The van der Waals surface area contributed by atoms with Crippen LogP contribution in [0.15, 0.2) is 6.07 Å². The molecule has 0 atom stereocenters. The lowest BCUT2D eigenvalue weighted by Crippen LogP contribution is -2.31. The Balaban J connectivity index is 2.23. The van der Waals surface area contributed by atoms with Gasteiger partial charge in [0.25, 0.3) is 0 Å². The van der Waals surface area contributed by atoms with Crippen LogP contribution >= 0.6 is 0 Å². The van der Waals surface area contributed by atoms with Crippen LogP contribution in [0.3, 0.4) is 0 Å². The lowest BCUT2D eigenvalue weighted by atomic mass is 9.82. The zero-order valence-electron chi connectivity index (χ0n) is 11.0. The quantitative estimate of drug-likeness (QED) is 0.754. The molecule has 0 aliphatic carbocycles. The highest BCUT2D eigenvalue weighted by atomic mass is 16.5. The lowest BCUT2D eigenvalue weighted by Gasteiger charge is -2.34. The Morgan fingerprint density at radius 3 is 2.59 bits per heavy atom. The second-order valence-corrected chi connectivity index (χ2v) is 5.45. The zero-order valence-corrected chi connectivity index (χ0v) is 11.0. The highest BCUT2D eigenvalue weighted by Gasteiger charge is 2.28. The van der Waals surface area contributed by atoms with Gasteiger partial charge >= 0.3 is 0 Å². The Labute approximate surface area is 103 Å². The summed E-state index contributed by atoms with van der Waals surface area (Å²) in [5.74, 6) is 0. The van der Waals surface area contributed by atoms with Crippen LogP contribution in [-0.2, 0) is 11.3 Å². The van der Waals surface area contributed by atoms with E-state index < -0.39 is 0 Å². The van der Waals surface area contributed by atoms with Gasteiger partial charge in [-0.3, -0.25) is 4.79 Å². The predicted octanol–water partition coefficient (Wildman–Crippen LogP) is 2.73. The van der Waals surface area contributed by atoms with Gasteiger partial charge < -0.3 is 9.30 Å². The van der Waals surface area contributed by atoms with Gasteiger partial charge in [-0.1, -0.05) is 6.92 Å². The van der Waals surface area contributed by atoms with Gasteiger partial charge in [0.05, 0.1) is 0 Å². The van der Waals surface area contributed by atoms with E-state index in [9.17, 15) is 4.79 Å². The van der Waals surface area contributed by atoms with Crippen LogP contribution in [0, 0.1) is 19.3 Å². The summed E-state index contributed by atoms with van der Waals surface area (Å²) < 4.78 is 7.70. The highest BCUT2D eigenvalue weighted by molar-refractivity contribution is 5.77. The highest BCUT2D eigenvalue weighted by Crippen LogP contribution is 2.33. The van der Waals surface area contributed by atoms with E-state index in [-0.39, 0.29) is 0 Å². The minimum absolute atomic E-state index is 0.299. The van der Waals surface area contributed by atoms with Crippen LogP contribution in [0.2, 0.25) is 0 Å². The molecule has 1 aromatic rings. The zero-order chi connectivity index (χ0) is 12.5. The van der Waals surface area contributed by atoms with Crippen molar-refractivity contribution in [1.29, 1.82) is 0 Å². The fraction of sp³-hybridized carbons (Fsp3) is 0.643. The van der Waals surface area contributed by atoms with E-state index >= 15 is 0 Å². The first kappa shape index (κ1) is 12.4. The van der Waals surface area contributed by atoms with Crippen molar-refractivity contribution in [2.45, 2.75) is 40.2 Å². The van der Waals surface area contributed by atoms with E-state index in [0.29, 0.717) is 5.41 Å². The average molecular weight is 235 g/mol. The molecule has 2 rings (SSSR count). The number of aldehydes is 1. The normalized spacial score (nSPS) is 19.2. The number of hydrogen-bond acceptors (Lipinski definition) is 2. The molecule has 17 heavy (non-hydrogen) atoms. The number of carbonyl (C=O) groups is 1. The van der Waals surface area contributed by atoms with E-state index in [1.54, 1.807) is 0 Å². The van der Waals surface area contributed by atoms with Crippen LogP contribution in [0.25, 0.3) is 0 Å². The summed E-state index contributed by atoms with van der Waals surface area (Å²) in [5, 5.41) is 0. The van der Waals surface area contributed by atoms with Crippen LogP contribution < -0.4 is 0 Å². The Morgan fingerprint density at radius 2 is 2.06 bits per heavy atom. The maximum atomic E-state index is 10.9. The van der Waals surface area contributed by atoms with Crippen molar-refractivity contribution in [2.75, 3.05) is 13.2 Å². The van der Waals surface area contributed by atoms with Crippen molar-refractivity contribution in [2.24, 2.45) is 5.41 Å². The Hall–Kier alpha value is -1.09. The maximum Gasteiger partial charge on any atom is 0.151 e. The van der Waals surface area contributed by atoms with Gasteiger partial charge in [-0.05, 0) is 38.2 Å². The molecule has 94 valence electrons. The summed E-state index contributed by atoms with van der Waals surface area (Å²) >= 11 is 0. The van der Waals surface area contributed by atoms with E-state index in [0.717, 1.165) is 50.1 Å². The monoisotopic (exact) mass is 235 g/mol. The van der Waals surface area contributed by atoms with E-state index in [2.05, 4.69) is 18.4 Å². The summed E-state index contributed by atoms with van der Waals surface area (Å²) in [7, 11) is 0. The first-order valence-electron chi connectivity index (χ1n) is 6.25. The van der Waals surface area contributed by atoms with Crippen molar-refractivity contribution >= 4 is 6.29 Å². The number of hydrogen-bond donors (Lipinski definition) is 0. The molecule has 1 fully saturated rings. The third kappa shape index (κ3) is 2.44. The summed E-state index contributed by atoms with van der Waals surface area (Å²) in [5.41, 5.74) is 3.38. The number of nitrogens with zero attached hydrogens (tertiary/aromatic N) is 1. The third-order valence-electron chi connectivity index (χ3n) is 3.98. The summed E-state index contributed by atoms with van der Waals surface area (Å²) in [6.45, 7) is 9.12. The van der Waals surface area contributed by atoms with Crippen molar-refractivity contribution < 1.29 is 9.53 Å². The molecule has 0 saturated carbocycles. The molecule has 3 heteroatoms. The molecule has 1 saturated heterocycles. The Morgan fingerprint density at radius 1 is 1.41 bits per heavy atom. The van der Waals surface area contributed by atoms with Gasteiger partial charge in [0.15, 0.2) is 6.29 Å². The lowest BCUT2D eigenvalue weighted by molar-refractivity contribution is 0.0150. The van der Waals surface area contributed by atoms with Crippen molar-refractivity contribution in [3.05, 3.63) is 23.0 Å². The molecule has 0 bridgehead atoms. The Bertz CT molecular complexity index is 414. The van der Waals surface area contributed by atoms with E-state index in [4.69, 9.17) is 4.74 Å². The molecule has 0 unspecified atom stereocenters. The van der Waals surface area contributed by atoms with Crippen molar-refractivity contribution in [3.63, 3.8) is 0 Å². The van der Waals surface area contributed by atoms with Gasteiger partial charge in [-0.15, -0.1) is 0 Å². The molecule has 0 radical (unpaired) electrons. The number of rotatable bonds is 3. The standard InChI is InChI=1S/C14H21NO2/c1-11-8-13(9-16)12(2)15(11)10-14(3)4-6-17-7-5-14/h8-9H,4-7,10H2,1-3H3. The molecule has 3 nitrogen and oxygen atoms in total. The summed E-state index contributed by atoms with van der Waals surface area (Å²) in [6, 6.07) is 1.98. The molecular formula is C14H21NO2. The molecule has 0 spiro atoms. The topological polar surface area (TPSA) is 31.2 Å². The van der Waals surface area contributed by atoms with Gasteiger partial charge in [0.2, 0.25) is 0 Å². The predicted molar refractivity (Wildman–Crippen MR) is 67.5 cm³/mol. The minimum atomic E-state index is 0.299. The van der Waals surface area contributed by atoms with Crippen LogP contribution in [-0.4, -0.2) is 24.1 Å². The number of ether oxygens (including phenoxy) is 1. The number of aromatic nitrogens is 1. The SMILES string of the molecule is Cc1cc(C=O)c(C)n1CC1(C)CCOCC1. The summed E-state index contributed by atoms with van der Waals surface area (Å²) in [6.07, 6.45) is 3.14. The van der Waals surface area contributed by atoms with Crippen LogP contribution in [0.4, 0.5) is 0 Å². The fourth-order valence-corrected chi connectivity index (χ4v) is 2.59. The largest absolute Gasteiger partial charge is 0.381 e. The van der Waals surface area contributed by atoms with Gasteiger partial charge in [0.1, 0.15) is 0 Å². The summed E-state index contributed by atoms with van der Waals surface area (Å²) in [4.78, 5) is 10.9. The first-order valence-corrected chi connectivity index (χ1v) is 6.25. The smallest absolute Gasteiger partial charge is 0.151 e. The van der Waals surface area contributed by atoms with Gasteiger partial charge in [-0.25, -0.2) is 0 Å². The molecular weight excluding hydrogens is 214 g/mol. The molecule has 1 aliphatic rings. The second-order valence-electron chi connectivity index (χ2n) is 5.45. The fourth-order valence-electron chi connectivity index (χ4n) is 2.59. The number of aryl methyl sites for hydroxylation is 1. The van der Waals surface area contributed by atoms with Crippen molar-refractivity contribution in [3.8, 4) is 0 Å². The van der Waals surface area contributed by atoms with E-state index in [1.165, 1.54) is 5.69 Å². The first-order chi connectivity index (χ1) is 8.06. The second kappa shape index (κ2) is 4.65. The minimum Gasteiger partial charge on any atom is -0.381 e. The van der Waals surface area contributed by atoms with Gasteiger partial charge in [-0.2, -0.15) is 0 Å². The van der Waals surface area contributed by atoms with Gasteiger partial charge in [0, 0.05) is 36.7 Å². The molecule has 1 aliphatic heterocycles. The van der Waals surface area contributed by atoms with Crippen molar-refractivity contribution in [1.82, 2.24) is 4.57 Å². The molecule has 0 N–H and O–H groups in total. The van der Waals surface area contributed by atoms with E-state index in [1.807, 2.05) is 13.0 Å². The van der Waals surface area contributed by atoms with Crippen LogP contribution in [0.5, 0.6) is 0 Å².